The standard InChI is InChI=1S/C22H36N4O2/c1-4-23-22(26-14-11-19(27)12-15-26)24-16-18-6-5-13-25(2)21(18)17-7-9-20(28-3)10-8-17/h7-10,18-19,21,27H,4-6,11-16H2,1-3H3,(H,23,24). The first-order chi connectivity index (χ1) is 13.6. The lowest BCUT2D eigenvalue weighted by Gasteiger charge is -2.39. The Labute approximate surface area is 169 Å². The molecule has 2 heterocycles. The third-order valence-electron chi connectivity index (χ3n) is 6.04. The molecule has 1 aromatic rings. The summed E-state index contributed by atoms with van der Waals surface area (Å²) in [6.45, 7) is 6.68. The number of nitrogens with zero attached hydrogens (tertiary/aromatic N) is 3. The summed E-state index contributed by atoms with van der Waals surface area (Å²) in [4.78, 5) is 9.79. The third kappa shape index (κ3) is 5.17. The van der Waals surface area contributed by atoms with E-state index < -0.39 is 0 Å². The SMILES string of the molecule is CCNC(=NCC1CCCN(C)C1c1ccc(OC)cc1)N1CCC(O)CC1. The molecule has 0 saturated carbocycles. The summed E-state index contributed by atoms with van der Waals surface area (Å²) in [6.07, 6.45) is 3.90. The van der Waals surface area contributed by atoms with Gasteiger partial charge in [0.25, 0.3) is 0 Å². The molecule has 2 unspecified atom stereocenters. The van der Waals surface area contributed by atoms with Crippen molar-refractivity contribution in [3.05, 3.63) is 29.8 Å². The molecule has 0 aromatic heterocycles. The number of nitrogens with one attached hydrogen (secondary N) is 1. The summed E-state index contributed by atoms with van der Waals surface area (Å²) >= 11 is 0. The largest absolute Gasteiger partial charge is 0.497 e. The van der Waals surface area contributed by atoms with Crippen LogP contribution < -0.4 is 10.1 Å². The van der Waals surface area contributed by atoms with Crippen LogP contribution in [0.5, 0.6) is 5.75 Å². The Morgan fingerprint density at radius 1 is 1.18 bits per heavy atom. The van der Waals surface area contributed by atoms with Crippen LogP contribution in [0.3, 0.4) is 0 Å². The van der Waals surface area contributed by atoms with Crippen LogP contribution in [0, 0.1) is 5.92 Å². The summed E-state index contributed by atoms with van der Waals surface area (Å²) < 4.78 is 5.32. The minimum Gasteiger partial charge on any atom is -0.497 e. The molecule has 0 aliphatic carbocycles. The quantitative estimate of drug-likeness (QED) is 0.600. The van der Waals surface area contributed by atoms with E-state index in [4.69, 9.17) is 9.73 Å². The fraction of sp³-hybridized carbons (Fsp3) is 0.682. The molecule has 6 heteroatoms. The van der Waals surface area contributed by atoms with E-state index in [-0.39, 0.29) is 6.10 Å². The summed E-state index contributed by atoms with van der Waals surface area (Å²) in [5.41, 5.74) is 1.34. The van der Waals surface area contributed by atoms with Gasteiger partial charge in [-0.3, -0.25) is 9.89 Å². The maximum atomic E-state index is 9.80. The number of aliphatic imine (C=N–C) groups is 1. The van der Waals surface area contributed by atoms with Crippen LogP contribution >= 0.6 is 0 Å². The molecule has 2 aliphatic heterocycles. The van der Waals surface area contributed by atoms with E-state index in [2.05, 4.69) is 53.4 Å². The number of methoxy groups -OCH3 is 1. The molecule has 2 aliphatic rings. The lowest BCUT2D eigenvalue weighted by Crippen LogP contribution is -2.47. The first kappa shape index (κ1) is 20.9. The highest BCUT2D eigenvalue weighted by molar-refractivity contribution is 5.80. The van der Waals surface area contributed by atoms with Gasteiger partial charge in [0.05, 0.1) is 13.2 Å². The minimum absolute atomic E-state index is 0.162. The van der Waals surface area contributed by atoms with E-state index in [1.165, 1.54) is 18.4 Å². The van der Waals surface area contributed by atoms with Crippen LogP contribution in [0.4, 0.5) is 0 Å². The molecule has 0 radical (unpaired) electrons. The number of benzene rings is 1. The Morgan fingerprint density at radius 3 is 2.54 bits per heavy atom. The molecule has 3 rings (SSSR count). The number of ether oxygens (including phenoxy) is 1. The highest BCUT2D eigenvalue weighted by Gasteiger charge is 2.31. The number of hydrogen-bond acceptors (Lipinski definition) is 4. The van der Waals surface area contributed by atoms with Crippen molar-refractivity contribution in [2.75, 3.05) is 46.9 Å². The summed E-state index contributed by atoms with van der Waals surface area (Å²) in [7, 11) is 3.93. The minimum atomic E-state index is -0.162. The number of aliphatic hydroxyl groups excluding tert-OH is 1. The molecule has 2 N–H and O–H groups in total. The average molecular weight is 389 g/mol. The van der Waals surface area contributed by atoms with Crippen molar-refractivity contribution < 1.29 is 9.84 Å². The van der Waals surface area contributed by atoms with E-state index >= 15 is 0 Å². The van der Waals surface area contributed by atoms with Gasteiger partial charge in [-0.1, -0.05) is 12.1 Å². The molecule has 2 atom stereocenters. The van der Waals surface area contributed by atoms with Crippen molar-refractivity contribution >= 4 is 5.96 Å². The van der Waals surface area contributed by atoms with Crippen LogP contribution in [0.25, 0.3) is 0 Å². The zero-order chi connectivity index (χ0) is 19.9. The fourth-order valence-corrected chi connectivity index (χ4v) is 4.49. The molecule has 28 heavy (non-hydrogen) atoms. The first-order valence-corrected chi connectivity index (χ1v) is 10.7. The second kappa shape index (κ2) is 10.1. The van der Waals surface area contributed by atoms with Crippen LogP contribution in [-0.4, -0.2) is 73.9 Å². The molecular weight excluding hydrogens is 352 g/mol. The highest BCUT2D eigenvalue weighted by Crippen LogP contribution is 2.36. The van der Waals surface area contributed by atoms with E-state index in [0.717, 1.165) is 57.3 Å². The van der Waals surface area contributed by atoms with Gasteiger partial charge in [0.2, 0.25) is 0 Å². The molecule has 1 aromatic carbocycles. The molecule has 2 saturated heterocycles. The van der Waals surface area contributed by atoms with Crippen molar-refractivity contribution in [2.24, 2.45) is 10.9 Å². The van der Waals surface area contributed by atoms with Crippen LogP contribution in [-0.2, 0) is 0 Å². The van der Waals surface area contributed by atoms with Crippen molar-refractivity contribution in [1.29, 1.82) is 0 Å². The fourth-order valence-electron chi connectivity index (χ4n) is 4.49. The normalized spacial score (nSPS) is 25.0. The summed E-state index contributed by atoms with van der Waals surface area (Å²) in [5, 5.41) is 13.3. The topological polar surface area (TPSA) is 60.3 Å². The first-order valence-electron chi connectivity index (χ1n) is 10.7. The zero-order valence-corrected chi connectivity index (χ0v) is 17.6. The van der Waals surface area contributed by atoms with Crippen LogP contribution in [0.1, 0.15) is 44.2 Å². The number of likely N-dealkylation sites (tertiary alicyclic amines) is 2. The Morgan fingerprint density at radius 2 is 1.89 bits per heavy atom. The molecule has 156 valence electrons. The van der Waals surface area contributed by atoms with E-state index in [9.17, 15) is 5.11 Å². The third-order valence-corrected chi connectivity index (χ3v) is 6.04. The number of rotatable bonds is 5. The van der Waals surface area contributed by atoms with Gasteiger partial charge in [-0.05, 0) is 69.8 Å². The van der Waals surface area contributed by atoms with Crippen molar-refractivity contribution in [1.82, 2.24) is 15.1 Å². The van der Waals surface area contributed by atoms with Gasteiger partial charge in [0, 0.05) is 32.2 Å². The second-order valence-corrected chi connectivity index (χ2v) is 8.01. The molecule has 2 fully saturated rings. The lowest BCUT2D eigenvalue weighted by atomic mass is 9.85. The van der Waals surface area contributed by atoms with Crippen molar-refractivity contribution in [2.45, 2.75) is 44.8 Å². The molecule has 0 spiro atoms. The molecule has 0 bridgehead atoms. The van der Waals surface area contributed by atoms with Gasteiger partial charge in [-0.2, -0.15) is 0 Å². The van der Waals surface area contributed by atoms with E-state index in [1.54, 1.807) is 7.11 Å². The highest BCUT2D eigenvalue weighted by atomic mass is 16.5. The van der Waals surface area contributed by atoms with Gasteiger partial charge in [0.15, 0.2) is 5.96 Å². The van der Waals surface area contributed by atoms with Gasteiger partial charge in [-0.25, -0.2) is 0 Å². The van der Waals surface area contributed by atoms with Crippen molar-refractivity contribution in [3.8, 4) is 5.75 Å². The Bertz CT molecular complexity index is 626. The number of hydrogen-bond donors (Lipinski definition) is 2. The monoisotopic (exact) mass is 388 g/mol. The van der Waals surface area contributed by atoms with Gasteiger partial charge < -0.3 is 20.1 Å². The van der Waals surface area contributed by atoms with Crippen molar-refractivity contribution in [3.63, 3.8) is 0 Å². The van der Waals surface area contributed by atoms with E-state index in [1.807, 2.05) is 0 Å². The number of piperidine rings is 2. The van der Waals surface area contributed by atoms with E-state index in [0.29, 0.717) is 12.0 Å². The maximum absolute atomic E-state index is 9.80. The smallest absolute Gasteiger partial charge is 0.193 e. The van der Waals surface area contributed by atoms with Crippen LogP contribution in [0.2, 0.25) is 0 Å². The zero-order valence-electron chi connectivity index (χ0n) is 17.6. The van der Waals surface area contributed by atoms with Gasteiger partial charge in [-0.15, -0.1) is 0 Å². The number of aliphatic hydroxyl groups is 1. The Kier molecular flexibility index (Phi) is 7.57. The predicted molar refractivity (Wildman–Crippen MR) is 114 cm³/mol. The number of guanidine groups is 1. The lowest BCUT2D eigenvalue weighted by molar-refractivity contribution is 0.107. The molecule has 0 amide bonds. The summed E-state index contributed by atoms with van der Waals surface area (Å²) in [6, 6.07) is 8.88. The average Bonchev–Trinajstić information content (AvgIpc) is 2.72. The molecule has 6 nitrogen and oxygen atoms in total. The predicted octanol–water partition coefficient (Wildman–Crippen LogP) is 2.50. The maximum Gasteiger partial charge on any atom is 0.193 e. The van der Waals surface area contributed by atoms with Gasteiger partial charge >= 0.3 is 0 Å². The second-order valence-electron chi connectivity index (χ2n) is 8.01. The molecular formula is C22H36N4O2. The van der Waals surface area contributed by atoms with Gasteiger partial charge in [0.1, 0.15) is 5.75 Å². The van der Waals surface area contributed by atoms with Crippen LogP contribution in [0.15, 0.2) is 29.3 Å². The Balaban J connectivity index is 1.73. The Hall–Kier alpha value is -1.79. The summed E-state index contributed by atoms with van der Waals surface area (Å²) in [5.74, 6) is 2.39.